The molecule has 168 valence electrons. The number of carbonyl (C=O) groups is 1. The van der Waals surface area contributed by atoms with Gasteiger partial charge in [-0.2, -0.15) is 4.31 Å². The number of hydrogen-bond donors (Lipinski definition) is 1. The number of halogens is 4. The molecule has 0 aliphatic heterocycles. The molecule has 0 aromatic heterocycles. The summed E-state index contributed by atoms with van der Waals surface area (Å²) < 4.78 is 54.8. The normalized spacial score (nSPS) is 11.6. The van der Waals surface area contributed by atoms with Gasteiger partial charge in [0.15, 0.2) is 0 Å². The SMILES string of the molecule is Cc1ccc(S(=O)(=O)N(CC(=O)Nc2cc(F)ccc2F)Cc2ccc(Cl)cc2Cl)cc1. The van der Waals surface area contributed by atoms with Gasteiger partial charge in [0, 0.05) is 22.7 Å². The van der Waals surface area contributed by atoms with Gasteiger partial charge in [0.1, 0.15) is 11.6 Å². The lowest BCUT2D eigenvalue weighted by Gasteiger charge is -2.23. The molecule has 0 saturated carbocycles. The fourth-order valence-electron chi connectivity index (χ4n) is 2.87. The third-order valence-electron chi connectivity index (χ3n) is 4.54. The lowest BCUT2D eigenvalue weighted by molar-refractivity contribution is -0.116. The second-order valence-electron chi connectivity index (χ2n) is 6.99. The zero-order chi connectivity index (χ0) is 23.5. The summed E-state index contributed by atoms with van der Waals surface area (Å²) in [5.41, 5.74) is 0.874. The topological polar surface area (TPSA) is 66.5 Å². The summed E-state index contributed by atoms with van der Waals surface area (Å²) in [6.07, 6.45) is 0. The van der Waals surface area contributed by atoms with Crippen molar-refractivity contribution in [2.24, 2.45) is 0 Å². The van der Waals surface area contributed by atoms with Gasteiger partial charge in [-0.05, 0) is 48.9 Å². The van der Waals surface area contributed by atoms with Crippen molar-refractivity contribution < 1.29 is 22.0 Å². The minimum atomic E-state index is -4.14. The van der Waals surface area contributed by atoms with E-state index in [0.717, 1.165) is 28.1 Å². The highest BCUT2D eigenvalue weighted by atomic mass is 35.5. The van der Waals surface area contributed by atoms with Crippen LogP contribution in [0.2, 0.25) is 10.0 Å². The van der Waals surface area contributed by atoms with Crippen LogP contribution >= 0.6 is 23.2 Å². The molecule has 3 aromatic carbocycles. The van der Waals surface area contributed by atoms with Gasteiger partial charge < -0.3 is 5.32 Å². The number of amides is 1. The highest BCUT2D eigenvalue weighted by Crippen LogP contribution is 2.25. The summed E-state index contributed by atoms with van der Waals surface area (Å²) >= 11 is 12.1. The van der Waals surface area contributed by atoms with Gasteiger partial charge in [-0.15, -0.1) is 0 Å². The molecule has 0 fully saturated rings. The number of nitrogens with zero attached hydrogens (tertiary/aromatic N) is 1. The molecule has 32 heavy (non-hydrogen) atoms. The van der Waals surface area contributed by atoms with Crippen LogP contribution in [0, 0.1) is 18.6 Å². The average Bonchev–Trinajstić information content (AvgIpc) is 2.72. The first kappa shape index (κ1) is 24.1. The van der Waals surface area contributed by atoms with E-state index in [4.69, 9.17) is 23.2 Å². The Morgan fingerprint density at radius 1 is 1.00 bits per heavy atom. The standard InChI is InChI=1S/C22H18Cl2F2N2O3S/c1-14-2-7-18(8-3-14)32(30,31)28(12-15-4-5-16(23)10-19(15)24)13-22(29)27-21-11-17(25)6-9-20(21)26/h2-11H,12-13H2,1H3,(H,27,29). The van der Waals surface area contributed by atoms with Crippen molar-refractivity contribution >= 4 is 44.8 Å². The van der Waals surface area contributed by atoms with Crippen LogP contribution in [0.3, 0.4) is 0 Å². The van der Waals surface area contributed by atoms with Gasteiger partial charge in [-0.1, -0.05) is 47.0 Å². The number of nitrogens with one attached hydrogen (secondary N) is 1. The van der Waals surface area contributed by atoms with Crippen molar-refractivity contribution in [2.45, 2.75) is 18.4 Å². The number of aryl methyl sites for hydroxylation is 1. The van der Waals surface area contributed by atoms with Gasteiger partial charge in [0.05, 0.1) is 17.1 Å². The van der Waals surface area contributed by atoms with Gasteiger partial charge >= 0.3 is 0 Å². The van der Waals surface area contributed by atoms with Crippen LogP contribution in [0.1, 0.15) is 11.1 Å². The molecule has 3 aromatic rings. The predicted octanol–water partition coefficient (Wildman–Crippen LogP) is 5.41. The molecule has 0 heterocycles. The Labute approximate surface area is 194 Å². The first-order valence-corrected chi connectivity index (χ1v) is 11.5. The summed E-state index contributed by atoms with van der Waals surface area (Å²) in [7, 11) is -4.14. The smallest absolute Gasteiger partial charge is 0.243 e. The zero-order valence-corrected chi connectivity index (χ0v) is 19.1. The van der Waals surface area contributed by atoms with E-state index in [1.54, 1.807) is 24.3 Å². The molecular weight excluding hydrogens is 481 g/mol. The van der Waals surface area contributed by atoms with E-state index < -0.39 is 39.8 Å². The Bertz CT molecular complexity index is 1250. The molecule has 0 aliphatic rings. The van der Waals surface area contributed by atoms with E-state index in [1.165, 1.54) is 18.2 Å². The third kappa shape index (κ3) is 5.83. The van der Waals surface area contributed by atoms with Crippen LogP contribution in [0.4, 0.5) is 14.5 Å². The molecule has 3 rings (SSSR count). The van der Waals surface area contributed by atoms with E-state index in [0.29, 0.717) is 10.6 Å². The van der Waals surface area contributed by atoms with Crippen LogP contribution in [0.25, 0.3) is 0 Å². The van der Waals surface area contributed by atoms with Crippen LogP contribution < -0.4 is 5.32 Å². The Morgan fingerprint density at radius 2 is 1.69 bits per heavy atom. The van der Waals surface area contributed by atoms with E-state index >= 15 is 0 Å². The number of carbonyl (C=O) groups excluding carboxylic acids is 1. The molecule has 0 atom stereocenters. The van der Waals surface area contributed by atoms with Gasteiger partial charge in [0.25, 0.3) is 0 Å². The summed E-state index contributed by atoms with van der Waals surface area (Å²) in [5.74, 6) is -2.46. The number of benzene rings is 3. The molecule has 0 radical (unpaired) electrons. The molecule has 0 saturated heterocycles. The molecule has 0 unspecified atom stereocenters. The van der Waals surface area contributed by atoms with Gasteiger partial charge in [0.2, 0.25) is 15.9 Å². The molecule has 0 spiro atoms. The summed E-state index contributed by atoms with van der Waals surface area (Å²) in [6, 6.07) is 13.2. The van der Waals surface area contributed by atoms with Gasteiger partial charge in [-0.3, -0.25) is 4.79 Å². The minimum Gasteiger partial charge on any atom is -0.322 e. The Kier molecular flexibility index (Phi) is 7.51. The second-order valence-corrected chi connectivity index (χ2v) is 9.78. The second kappa shape index (κ2) is 9.95. The molecule has 1 amide bonds. The van der Waals surface area contributed by atoms with Crippen molar-refractivity contribution in [3.8, 4) is 0 Å². The highest BCUT2D eigenvalue weighted by molar-refractivity contribution is 7.89. The largest absolute Gasteiger partial charge is 0.322 e. The van der Waals surface area contributed by atoms with Crippen molar-refractivity contribution in [1.29, 1.82) is 0 Å². The molecule has 0 aliphatic carbocycles. The average molecular weight is 499 g/mol. The number of rotatable bonds is 7. The highest BCUT2D eigenvalue weighted by Gasteiger charge is 2.28. The van der Waals surface area contributed by atoms with Crippen LogP contribution in [-0.2, 0) is 21.4 Å². The zero-order valence-electron chi connectivity index (χ0n) is 16.8. The maximum absolute atomic E-state index is 13.9. The quantitative estimate of drug-likeness (QED) is 0.473. The summed E-state index contributed by atoms with van der Waals surface area (Å²) in [6.45, 7) is 0.902. The van der Waals surface area contributed by atoms with E-state index in [1.807, 2.05) is 6.92 Å². The molecule has 10 heteroatoms. The number of sulfonamides is 1. The minimum absolute atomic E-state index is 0.0297. The van der Waals surface area contributed by atoms with Crippen molar-refractivity contribution in [3.63, 3.8) is 0 Å². The lowest BCUT2D eigenvalue weighted by Crippen LogP contribution is -2.37. The first-order valence-electron chi connectivity index (χ1n) is 9.32. The Hall–Kier alpha value is -2.52. The molecular formula is C22H18Cl2F2N2O3S. The fraction of sp³-hybridized carbons (Fsp3) is 0.136. The number of anilines is 1. The Balaban J connectivity index is 1.93. The van der Waals surface area contributed by atoms with Crippen molar-refractivity contribution in [3.05, 3.63) is 93.5 Å². The van der Waals surface area contributed by atoms with E-state index in [2.05, 4.69) is 5.32 Å². The predicted molar refractivity (Wildman–Crippen MR) is 120 cm³/mol. The molecule has 0 bridgehead atoms. The first-order chi connectivity index (χ1) is 15.1. The van der Waals surface area contributed by atoms with Crippen LogP contribution in [0.15, 0.2) is 65.6 Å². The van der Waals surface area contributed by atoms with Crippen LogP contribution in [-0.4, -0.2) is 25.2 Å². The summed E-state index contributed by atoms with van der Waals surface area (Å²) in [4.78, 5) is 12.6. The van der Waals surface area contributed by atoms with Crippen molar-refractivity contribution in [2.75, 3.05) is 11.9 Å². The Morgan fingerprint density at radius 3 is 2.34 bits per heavy atom. The van der Waals surface area contributed by atoms with E-state index in [-0.39, 0.29) is 16.5 Å². The molecule has 1 N–H and O–H groups in total. The third-order valence-corrected chi connectivity index (χ3v) is 6.94. The fourth-order valence-corrected chi connectivity index (χ4v) is 4.71. The molecule has 5 nitrogen and oxygen atoms in total. The number of hydrogen-bond acceptors (Lipinski definition) is 3. The van der Waals surface area contributed by atoms with Crippen LogP contribution in [0.5, 0.6) is 0 Å². The maximum Gasteiger partial charge on any atom is 0.243 e. The van der Waals surface area contributed by atoms with E-state index in [9.17, 15) is 22.0 Å². The summed E-state index contributed by atoms with van der Waals surface area (Å²) in [5, 5.41) is 2.80. The lowest BCUT2D eigenvalue weighted by atomic mass is 10.2. The monoisotopic (exact) mass is 498 g/mol. The maximum atomic E-state index is 13.9. The van der Waals surface area contributed by atoms with Gasteiger partial charge in [-0.25, -0.2) is 17.2 Å². The van der Waals surface area contributed by atoms with Crippen molar-refractivity contribution in [1.82, 2.24) is 4.31 Å².